The van der Waals surface area contributed by atoms with Crippen LogP contribution >= 0.6 is 0 Å². The average molecular weight is 259 g/mol. The highest BCUT2D eigenvalue weighted by atomic mass is 16.3. The standard InChI is InChI=1S/C16H21NO2/c1-2-10-17(14-6-8-15(18)9-7-14)12-13-4-3-5-16(19)11-13/h1,3-5,11,14-15,18-19H,6-10,12H2. The van der Waals surface area contributed by atoms with Crippen molar-refractivity contribution in [3.8, 4) is 18.1 Å². The Balaban J connectivity index is 2.02. The summed E-state index contributed by atoms with van der Waals surface area (Å²) in [5.74, 6) is 3.00. The van der Waals surface area contributed by atoms with Gasteiger partial charge in [0.25, 0.3) is 0 Å². The van der Waals surface area contributed by atoms with Crippen LogP contribution in [-0.4, -0.2) is 33.8 Å². The second-order valence-corrected chi connectivity index (χ2v) is 5.24. The maximum Gasteiger partial charge on any atom is 0.115 e. The van der Waals surface area contributed by atoms with Crippen LogP contribution in [0.5, 0.6) is 5.75 Å². The largest absolute Gasteiger partial charge is 0.508 e. The number of rotatable bonds is 4. The number of phenolic OH excluding ortho intramolecular Hbond substituents is 1. The lowest BCUT2D eigenvalue weighted by Gasteiger charge is -2.34. The summed E-state index contributed by atoms with van der Waals surface area (Å²) in [6, 6.07) is 7.74. The van der Waals surface area contributed by atoms with Gasteiger partial charge in [-0.05, 0) is 43.4 Å². The van der Waals surface area contributed by atoms with Gasteiger partial charge >= 0.3 is 0 Å². The Bertz CT molecular complexity index is 444. The van der Waals surface area contributed by atoms with Crippen molar-refractivity contribution in [3.05, 3.63) is 29.8 Å². The molecule has 1 saturated carbocycles. The van der Waals surface area contributed by atoms with Gasteiger partial charge in [0, 0.05) is 12.6 Å². The Morgan fingerprint density at radius 2 is 2.00 bits per heavy atom. The van der Waals surface area contributed by atoms with E-state index in [-0.39, 0.29) is 11.9 Å². The van der Waals surface area contributed by atoms with E-state index in [2.05, 4.69) is 10.8 Å². The highest BCUT2D eigenvalue weighted by Gasteiger charge is 2.24. The molecule has 1 aliphatic carbocycles. The number of aliphatic hydroxyl groups excluding tert-OH is 1. The average Bonchev–Trinajstić information content (AvgIpc) is 2.39. The lowest BCUT2D eigenvalue weighted by atomic mass is 9.91. The molecular weight excluding hydrogens is 238 g/mol. The monoisotopic (exact) mass is 259 g/mol. The van der Waals surface area contributed by atoms with Crippen LogP contribution in [0.4, 0.5) is 0 Å². The van der Waals surface area contributed by atoms with Crippen LogP contribution in [0.3, 0.4) is 0 Å². The third-order valence-corrected chi connectivity index (χ3v) is 3.77. The first-order valence-electron chi connectivity index (χ1n) is 6.82. The van der Waals surface area contributed by atoms with E-state index in [0.29, 0.717) is 12.6 Å². The molecule has 2 N–H and O–H groups in total. The molecule has 0 heterocycles. The second-order valence-electron chi connectivity index (χ2n) is 5.24. The predicted octanol–water partition coefficient (Wildman–Crippen LogP) is 2.13. The summed E-state index contributed by atoms with van der Waals surface area (Å²) in [4.78, 5) is 2.26. The van der Waals surface area contributed by atoms with Gasteiger partial charge in [-0.3, -0.25) is 4.90 Å². The van der Waals surface area contributed by atoms with E-state index in [1.165, 1.54) is 0 Å². The van der Waals surface area contributed by atoms with E-state index in [1.54, 1.807) is 12.1 Å². The number of nitrogens with zero attached hydrogens (tertiary/aromatic N) is 1. The van der Waals surface area contributed by atoms with Crippen LogP contribution in [0.25, 0.3) is 0 Å². The summed E-state index contributed by atoms with van der Waals surface area (Å²) in [5, 5.41) is 19.1. The maximum atomic E-state index is 9.57. The van der Waals surface area contributed by atoms with Crippen LogP contribution in [0.15, 0.2) is 24.3 Å². The van der Waals surface area contributed by atoms with Crippen molar-refractivity contribution in [1.29, 1.82) is 0 Å². The fourth-order valence-electron chi connectivity index (χ4n) is 2.74. The van der Waals surface area contributed by atoms with Crippen LogP contribution in [0.1, 0.15) is 31.2 Å². The van der Waals surface area contributed by atoms with Gasteiger partial charge in [-0.2, -0.15) is 0 Å². The third-order valence-electron chi connectivity index (χ3n) is 3.77. The number of benzene rings is 1. The van der Waals surface area contributed by atoms with Gasteiger partial charge in [0.15, 0.2) is 0 Å². The normalized spacial score (nSPS) is 23.2. The molecule has 1 aromatic rings. The molecule has 3 nitrogen and oxygen atoms in total. The summed E-state index contributed by atoms with van der Waals surface area (Å²) in [6.45, 7) is 1.36. The van der Waals surface area contributed by atoms with E-state index in [0.717, 1.165) is 37.8 Å². The molecule has 3 heteroatoms. The van der Waals surface area contributed by atoms with Crippen molar-refractivity contribution >= 4 is 0 Å². The Morgan fingerprint density at radius 3 is 2.63 bits per heavy atom. The van der Waals surface area contributed by atoms with E-state index < -0.39 is 0 Å². The fourth-order valence-corrected chi connectivity index (χ4v) is 2.74. The zero-order valence-corrected chi connectivity index (χ0v) is 11.1. The highest BCUT2D eigenvalue weighted by Crippen LogP contribution is 2.24. The molecule has 0 saturated heterocycles. The Labute approximate surface area is 114 Å². The van der Waals surface area contributed by atoms with Crippen molar-refractivity contribution in [2.75, 3.05) is 6.54 Å². The maximum absolute atomic E-state index is 9.57. The predicted molar refractivity (Wildman–Crippen MR) is 75.6 cm³/mol. The van der Waals surface area contributed by atoms with E-state index in [4.69, 9.17) is 6.42 Å². The molecule has 0 radical (unpaired) electrons. The summed E-state index contributed by atoms with van der Waals surface area (Å²) in [6.07, 6.45) is 8.99. The summed E-state index contributed by atoms with van der Waals surface area (Å²) in [7, 11) is 0. The molecule has 102 valence electrons. The minimum absolute atomic E-state index is 0.148. The van der Waals surface area contributed by atoms with Gasteiger partial charge in [0.1, 0.15) is 5.75 Å². The second kappa shape index (κ2) is 6.60. The van der Waals surface area contributed by atoms with Crippen LogP contribution < -0.4 is 0 Å². The molecule has 1 aromatic carbocycles. The Hall–Kier alpha value is -1.50. The van der Waals surface area contributed by atoms with Gasteiger partial charge in [0.2, 0.25) is 0 Å². The lowest BCUT2D eigenvalue weighted by Crippen LogP contribution is -2.38. The molecular formula is C16H21NO2. The summed E-state index contributed by atoms with van der Waals surface area (Å²) < 4.78 is 0. The minimum atomic E-state index is -0.148. The van der Waals surface area contributed by atoms with E-state index in [1.807, 2.05) is 12.1 Å². The first kappa shape index (κ1) is 13.9. The molecule has 0 bridgehead atoms. The van der Waals surface area contributed by atoms with Crippen molar-refractivity contribution in [1.82, 2.24) is 4.90 Å². The number of hydrogen-bond donors (Lipinski definition) is 2. The lowest BCUT2D eigenvalue weighted by molar-refractivity contribution is 0.0765. The first-order valence-corrected chi connectivity index (χ1v) is 6.82. The fraction of sp³-hybridized carbons (Fsp3) is 0.500. The topological polar surface area (TPSA) is 43.7 Å². The summed E-state index contributed by atoms with van der Waals surface area (Å²) in [5.41, 5.74) is 1.07. The number of terminal acetylenes is 1. The quantitative estimate of drug-likeness (QED) is 0.814. The van der Waals surface area contributed by atoms with Crippen LogP contribution in [-0.2, 0) is 6.54 Å². The molecule has 0 atom stereocenters. The molecule has 1 aliphatic rings. The molecule has 0 aliphatic heterocycles. The molecule has 0 aromatic heterocycles. The van der Waals surface area contributed by atoms with Crippen molar-refractivity contribution < 1.29 is 10.2 Å². The molecule has 19 heavy (non-hydrogen) atoms. The van der Waals surface area contributed by atoms with Crippen molar-refractivity contribution in [2.45, 2.75) is 44.4 Å². The minimum Gasteiger partial charge on any atom is -0.508 e. The number of aliphatic hydroxyl groups is 1. The van der Waals surface area contributed by atoms with Gasteiger partial charge in [-0.25, -0.2) is 0 Å². The van der Waals surface area contributed by atoms with Crippen molar-refractivity contribution in [3.63, 3.8) is 0 Å². The molecule has 0 amide bonds. The van der Waals surface area contributed by atoms with Gasteiger partial charge in [-0.15, -0.1) is 6.42 Å². The molecule has 0 unspecified atom stereocenters. The van der Waals surface area contributed by atoms with Crippen molar-refractivity contribution in [2.24, 2.45) is 0 Å². The van der Waals surface area contributed by atoms with Gasteiger partial charge < -0.3 is 10.2 Å². The number of phenols is 1. The third kappa shape index (κ3) is 3.99. The zero-order valence-electron chi connectivity index (χ0n) is 11.1. The van der Waals surface area contributed by atoms with E-state index in [9.17, 15) is 10.2 Å². The van der Waals surface area contributed by atoms with Gasteiger partial charge in [-0.1, -0.05) is 18.1 Å². The van der Waals surface area contributed by atoms with Crippen LogP contribution in [0, 0.1) is 12.3 Å². The Kier molecular flexibility index (Phi) is 4.84. The zero-order chi connectivity index (χ0) is 13.7. The Morgan fingerprint density at radius 1 is 1.26 bits per heavy atom. The highest BCUT2D eigenvalue weighted by molar-refractivity contribution is 5.27. The van der Waals surface area contributed by atoms with Crippen LogP contribution in [0.2, 0.25) is 0 Å². The summed E-state index contributed by atoms with van der Waals surface area (Å²) >= 11 is 0. The number of aromatic hydroxyl groups is 1. The smallest absolute Gasteiger partial charge is 0.115 e. The number of hydrogen-bond acceptors (Lipinski definition) is 3. The SMILES string of the molecule is C#CCN(Cc1cccc(O)c1)C1CCC(O)CC1. The molecule has 0 spiro atoms. The molecule has 1 fully saturated rings. The first-order chi connectivity index (χ1) is 9.19. The van der Waals surface area contributed by atoms with Gasteiger partial charge in [0.05, 0.1) is 12.6 Å². The molecule has 2 rings (SSSR count). The van der Waals surface area contributed by atoms with E-state index >= 15 is 0 Å².